The summed E-state index contributed by atoms with van der Waals surface area (Å²) >= 11 is 0. The zero-order valence-electron chi connectivity index (χ0n) is 13.9. The molecule has 3 nitrogen and oxygen atoms in total. The molecule has 0 saturated carbocycles. The minimum absolute atomic E-state index is 0.128. The van der Waals surface area contributed by atoms with Gasteiger partial charge in [-0.15, -0.1) is 0 Å². The maximum absolute atomic E-state index is 12.5. The molecular weight excluding hydrogens is 300 g/mol. The van der Waals surface area contributed by atoms with E-state index in [2.05, 4.69) is 0 Å². The highest BCUT2D eigenvalue weighted by molar-refractivity contribution is 6.07. The Bertz CT molecular complexity index is 1020. The number of fused-ring (bicyclic) bond motifs is 1. The van der Waals surface area contributed by atoms with Crippen molar-refractivity contribution >= 4 is 22.8 Å². The molecule has 0 amide bonds. The molecule has 2 aromatic carbocycles. The molecule has 0 aliphatic rings. The normalized spacial score (nSPS) is 11.3. The highest BCUT2D eigenvalue weighted by Crippen LogP contribution is 2.15. The number of allylic oxidation sites excluding steroid dienone is 1. The molecule has 0 aliphatic heterocycles. The van der Waals surface area contributed by atoms with Crippen LogP contribution in [0.25, 0.3) is 17.0 Å². The van der Waals surface area contributed by atoms with Crippen molar-refractivity contribution in [3.8, 4) is 0 Å². The van der Waals surface area contributed by atoms with Crippen molar-refractivity contribution in [2.24, 2.45) is 0 Å². The number of benzene rings is 2. The van der Waals surface area contributed by atoms with Crippen LogP contribution in [-0.4, -0.2) is 5.78 Å². The monoisotopic (exact) mass is 318 g/mol. The Labute approximate surface area is 140 Å². The molecule has 24 heavy (non-hydrogen) atoms. The lowest BCUT2D eigenvalue weighted by Gasteiger charge is -2.03. The lowest BCUT2D eigenvalue weighted by atomic mass is 10.0. The van der Waals surface area contributed by atoms with Crippen LogP contribution in [0.2, 0.25) is 0 Å². The van der Waals surface area contributed by atoms with E-state index in [9.17, 15) is 9.59 Å². The van der Waals surface area contributed by atoms with E-state index in [1.165, 1.54) is 18.4 Å². The molecule has 1 heterocycles. The van der Waals surface area contributed by atoms with Crippen molar-refractivity contribution in [1.82, 2.24) is 0 Å². The maximum Gasteiger partial charge on any atom is 0.199 e. The predicted molar refractivity (Wildman–Crippen MR) is 96.5 cm³/mol. The fourth-order valence-corrected chi connectivity index (χ4v) is 2.72. The van der Waals surface area contributed by atoms with Crippen LogP contribution in [0.1, 0.15) is 32.6 Å². The number of hydrogen-bond acceptors (Lipinski definition) is 3. The molecule has 0 atom stereocenters. The van der Waals surface area contributed by atoms with Gasteiger partial charge in [-0.25, -0.2) is 0 Å². The number of hydrogen-bond donors (Lipinski definition) is 0. The molecule has 0 N–H and O–H groups in total. The Hall–Kier alpha value is -2.94. The summed E-state index contributed by atoms with van der Waals surface area (Å²) in [4.78, 5) is 24.9. The fourth-order valence-electron chi connectivity index (χ4n) is 2.72. The van der Waals surface area contributed by atoms with Gasteiger partial charge in [0.15, 0.2) is 11.2 Å². The van der Waals surface area contributed by atoms with E-state index >= 15 is 0 Å². The summed E-state index contributed by atoms with van der Waals surface area (Å²) in [5.41, 5.74) is 4.43. The van der Waals surface area contributed by atoms with Crippen molar-refractivity contribution in [3.05, 3.63) is 86.8 Å². The van der Waals surface area contributed by atoms with E-state index in [1.807, 2.05) is 45.0 Å². The van der Waals surface area contributed by atoms with E-state index in [1.54, 1.807) is 12.1 Å². The molecule has 1 aromatic heterocycles. The third-order valence-corrected chi connectivity index (χ3v) is 4.02. The van der Waals surface area contributed by atoms with Crippen molar-refractivity contribution in [2.75, 3.05) is 0 Å². The van der Waals surface area contributed by atoms with Crippen LogP contribution < -0.4 is 5.43 Å². The van der Waals surface area contributed by atoms with Gasteiger partial charge in [0.2, 0.25) is 0 Å². The van der Waals surface area contributed by atoms with E-state index in [4.69, 9.17) is 4.42 Å². The smallest absolute Gasteiger partial charge is 0.199 e. The highest BCUT2D eigenvalue weighted by atomic mass is 16.3. The summed E-state index contributed by atoms with van der Waals surface area (Å²) in [5.74, 6) is -0.128. The second-order valence-electron chi connectivity index (χ2n) is 6.04. The lowest BCUT2D eigenvalue weighted by Crippen LogP contribution is -2.05. The van der Waals surface area contributed by atoms with Crippen LogP contribution in [0.5, 0.6) is 0 Å². The van der Waals surface area contributed by atoms with Gasteiger partial charge in [0.05, 0.1) is 10.9 Å². The molecule has 120 valence electrons. The Morgan fingerprint density at radius 2 is 1.71 bits per heavy atom. The molecule has 0 aliphatic carbocycles. The number of rotatable bonds is 3. The van der Waals surface area contributed by atoms with Crippen LogP contribution >= 0.6 is 0 Å². The highest BCUT2D eigenvalue weighted by Gasteiger charge is 2.08. The second kappa shape index (κ2) is 6.28. The molecule has 0 spiro atoms. The molecule has 0 radical (unpaired) electrons. The molecule has 3 aromatic rings. The van der Waals surface area contributed by atoms with Crippen LogP contribution in [0, 0.1) is 20.8 Å². The van der Waals surface area contributed by atoms with Crippen molar-refractivity contribution in [2.45, 2.75) is 20.8 Å². The molecule has 3 heteroatoms. The van der Waals surface area contributed by atoms with Crippen molar-refractivity contribution in [1.29, 1.82) is 0 Å². The summed E-state index contributed by atoms with van der Waals surface area (Å²) in [6, 6.07) is 11.1. The quantitative estimate of drug-likeness (QED) is 0.523. The molecule has 0 unspecified atom stereocenters. The summed E-state index contributed by atoms with van der Waals surface area (Å²) in [5, 5.41) is 0.524. The van der Waals surface area contributed by atoms with Crippen LogP contribution in [0.3, 0.4) is 0 Å². The summed E-state index contributed by atoms with van der Waals surface area (Å²) in [6.07, 6.45) is 4.34. The van der Waals surface area contributed by atoms with Gasteiger partial charge in [0.25, 0.3) is 0 Å². The van der Waals surface area contributed by atoms with Gasteiger partial charge in [-0.3, -0.25) is 9.59 Å². The second-order valence-corrected chi connectivity index (χ2v) is 6.04. The number of carbonyl (C=O) groups excluding carboxylic acids is 1. The zero-order valence-corrected chi connectivity index (χ0v) is 13.9. The van der Waals surface area contributed by atoms with Crippen LogP contribution in [-0.2, 0) is 0 Å². The molecule has 3 rings (SSSR count). The average molecular weight is 318 g/mol. The third kappa shape index (κ3) is 3.06. The van der Waals surface area contributed by atoms with Gasteiger partial charge < -0.3 is 4.42 Å². The summed E-state index contributed by atoms with van der Waals surface area (Å²) in [7, 11) is 0. The standard InChI is InChI=1S/C21H18O3/c1-13-4-7-17(15(3)10-13)19(22)8-6-16-12-24-20-9-5-14(2)11-18(20)21(16)23/h4-12H,1-3H3/b8-6+. The molecule has 0 saturated heterocycles. The van der Waals surface area contributed by atoms with Gasteiger partial charge in [0, 0.05) is 5.56 Å². The Morgan fingerprint density at radius 3 is 2.46 bits per heavy atom. The summed E-state index contributed by atoms with van der Waals surface area (Å²) in [6.45, 7) is 5.81. The average Bonchev–Trinajstić information content (AvgIpc) is 2.54. The first-order chi connectivity index (χ1) is 11.5. The fraction of sp³-hybridized carbons (Fsp3) is 0.143. The van der Waals surface area contributed by atoms with Gasteiger partial charge >= 0.3 is 0 Å². The summed E-state index contributed by atoms with van der Waals surface area (Å²) < 4.78 is 5.49. The first kappa shape index (κ1) is 15.9. The van der Waals surface area contributed by atoms with Crippen molar-refractivity contribution in [3.63, 3.8) is 0 Å². The predicted octanol–water partition coefficient (Wildman–Crippen LogP) is 4.61. The van der Waals surface area contributed by atoms with E-state index in [0.29, 0.717) is 22.1 Å². The zero-order chi connectivity index (χ0) is 17.3. The van der Waals surface area contributed by atoms with Crippen LogP contribution in [0.4, 0.5) is 0 Å². The van der Waals surface area contributed by atoms with Gasteiger partial charge in [-0.1, -0.05) is 35.4 Å². The first-order valence-corrected chi connectivity index (χ1v) is 7.77. The van der Waals surface area contributed by atoms with Crippen LogP contribution in [0.15, 0.2) is 57.9 Å². The molecular formula is C21H18O3. The number of aryl methyl sites for hydroxylation is 3. The van der Waals surface area contributed by atoms with Gasteiger partial charge in [-0.05, 0) is 50.6 Å². The van der Waals surface area contributed by atoms with E-state index in [-0.39, 0.29) is 11.2 Å². The first-order valence-electron chi connectivity index (χ1n) is 7.77. The lowest BCUT2D eigenvalue weighted by molar-refractivity contribution is 0.104. The third-order valence-electron chi connectivity index (χ3n) is 4.02. The topological polar surface area (TPSA) is 47.3 Å². The molecule has 0 bridgehead atoms. The number of ketones is 1. The largest absolute Gasteiger partial charge is 0.463 e. The van der Waals surface area contributed by atoms with E-state index < -0.39 is 0 Å². The molecule has 0 fully saturated rings. The van der Waals surface area contributed by atoms with Gasteiger partial charge in [-0.2, -0.15) is 0 Å². The van der Waals surface area contributed by atoms with Crippen molar-refractivity contribution < 1.29 is 9.21 Å². The van der Waals surface area contributed by atoms with E-state index in [0.717, 1.165) is 16.7 Å². The number of carbonyl (C=O) groups is 1. The van der Waals surface area contributed by atoms with Gasteiger partial charge in [0.1, 0.15) is 11.8 Å². The minimum Gasteiger partial charge on any atom is -0.463 e. The Kier molecular flexibility index (Phi) is 4.17. The Balaban J connectivity index is 1.97. The maximum atomic E-state index is 12.5. The minimum atomic E-state index is -0.135. The SMILES string of the molecule is Cc1ccc(C(=O)/C=C/c2coc3ccc(C)cc3c2=O)c(C)c1. The Morgan fingerprint density at radius 1 is 1.00 bits per heavy atom.